The van der Waals surface area contributed by atoms with E-state index in [1.165, 1.54) is 0 Å². The molecule has 0 heterocycles. The SMILES string of the molecule is CC(C)(C)NCCOCCOCCNC(=O)CNC(=O)C(C)(C)C. The summed E-state index contributed by atoms with van der Waals surface area (Å²) >= 11 is 0. The lowest BCUT2D eigenvalue weighted by Crippen LogP contribution is -2.42. The van der Waals surface area contributed by atoms with Gasteiger partial charge in [-0.25, -0.2) is 0 Å². The molecule has 0 aromatic heterocycles. The molecule has 0 atom stereocenters. The smallest absolute Gasteiger partial charge is 0.239 e. The molecular weight excluding hydrogens is 310 g/mol. The highest BCUT2D eigenvalue weighted by Gasteiger charge is 2.21. The van der Waals surface area contributed by atoms with Crippen molar-refractivity contribution in [2.45, 2.75) is 47.1 Å². The molecule has 24 heavy (non-hydrogen) atoms. The zero-order valence-electron chi connectivity index (χ0n) is 16.1. The number of carbonyl (C=O) groups excluding carboxylic acids is 2. The quantitative estimate of drug-likeness (QED) is 0.480. The van der Waals surface area contributed by atoms with Gasteiger partial charge in [0.2, 0.25) is 11.8 Å². The molecule has 142 valence electrons. The highest BCUT2D eigenvalue weighted by Crippen LogP contribution is 2.11. The molecule has 0 saturated carbocycles. The molecule has 7 nitrogen and oxygen atoms in total. The Labute approximate surface area is 146 Å². The molecule has 3 N–H and O–H groups in total. The van der Waals surface area contributed by atoms with Crippen LogP contribution in [0.5, 0.6) is 0 Å². The third-order valence-electron chi connectivity index (χ3n) is 2.93. The normalized spacial score (nSPS) is 12.1. The van der Waals surface area contributed by atoms with Gasteiger partial charge in [0, 0.05) is 24.0 Å². The van der Waals surface area contributed by atoms with Gasteiger partial charge in [-0.05, 0) is 20.8 Å². The predicted molar refractivity (Wildman–Crippen MR) is 94.9 cm³/mol. The number of ether oxygens (including phenoxy) is 2. The second kappa shape index (κ2) is 11.4. The first-order chi connectivity index (χ1) is 11.0. The maximum absolute atomic E-state index is 11.6. The first-order valence-corrected chi connectivity index (χ1v) is 8.48. The molecule has 0 aromatic carbocycles. The van der Waals surface area contributed by atoms with Crippen LogP contribution < -0.4 is 16.0 Å². The molecule has 0 aliphatic heterocycles. The molecule has 0 aromatic rings. The summed E-state index contributed by atoms with van der Waals surface area (Å²) < 4.78 is 10.8. The van der Waals surface area contributed by atoms with Crippen LogP contribution in [-0.2, 0) is 19.1 Å². The third-order valence-corrected chi connectivity index (χ3v) is 2.93. The summed E-state index contributed by atoms with van der Waals surface area (Å²) in [4.78, 5) is 23.2. The monoisotopic (exact) mass is 345 g/mol. The summed E-state index contributed by atoms with van der Waals surface area (Å²) in [7, 11) is 0. The zero-order valence-corrected chi connectivity index (χ0v) is 16.1. The maximum atomic E-state index is 11.6. The molecule has 2 amide bonds. The van der Waals surface area contributed by atoms with Crippen molar-refractivity contribution < 1.29 is 19.1 Å². The summed E-state index contributed by atoms with van der Waals surface area (Å²) in [6, 6.07) is 0. The average molecular weight is 345 g/mol. The largest absolute Gasteiger partial charge is 0.378 e. The highest BCUT2D eigenvalue weighted by atomic mass is 16.5. The molecule has 0 bridgehead atoms. The lowest BCUT2D eigenvalue weighted by molar-refractivity contribution is -0.131. The van der Waals surface area contributed by atoms with Gasteiger partial charge in [0.25, 0.3) is 0 Å². The van der Waals surface area contributed by atoms with Crippen LogP contribution in [0, 0.1) is 5.41 Å². The molecule has 0 saturated heterocycles. The van der Waals surface area contributed by atoms with E-state index in [1.807, 2.05) is 0 Å². The van der Waals surface area contributed by atoms with Crippen LogP contribution >= 0.6 is 0 Å². The van der Waals surface area contributed by atoms with Gasteiger partial charge in [-0.1, -0.05) is 20.8 Å². The van der Waals surface area contributed by atoms with Crippen LogP contribution in [0.25, 0.3) is 0 Å². The Kier molecular flexibility index (Phi) is 10.8. The number of nitrogens with one attached hydrogen (secondary N) is 3. The second-order valence-electron chi connectivity index (χ2n) is 7.68. The first kappa shape index (κ1) is 22.8. The Hall–Kier alpha value is -1.18. The van der Waals surface area contributed by atoms with Crippen molar-refractivity contribution in [1.82, 2.24) is 16.0 Å². The van der Waals surface area contributed by atoms with E-state index in [9.17, 15) is 9.59 Å². The van der Waals surface area contributed by atoms with Crippen LogP contribution in [0.4, 0.5) is 0 Å². The number of hydrogen-bond donors (Lipinski definition) is 3. The molecule has 0 rings (SSSR count). The van der Waals surface area contributed by atoms with E-state index in [1.54, 1.807) is 20.8 Å². The molecule has 7 heteroatoms. The predicted octanol–water partition coefficient (Wildman–Crippen LogP) is 0.686. The van der Waals surface area contributed by atoms with Crippen LogP contribution in [0.15, 0.2) is 0 Å². The Bertz CT molecular complexity index is 373. The average Bonchev–Trinajstić information content (AvgIpc) is 2.44. The van der Waals surface area contributed by atoms with Gasteiger partial charge in [0.1, 0.15) is 0 Å². The molecule has 0 spiro atoms. The summed E-state index contributed by atoms with van der Waals surface area (Å²) in [5, 5.41) is 8.62. The van der Waals surface area contributed by atoms with Crippen molar-refractivity contribution in [3.63, 3.8) is 0 Å². The van der Waals surface area contributed by atoms with Gasteiger partial charge in [-0.3, -0.25) is 9.59 Å². The summed E-state index contributed by atoms with van der Waals surface area (Å²) in [5.41, 5.74) is -0.393. The zero-order chi connectivity index (χ0) is 18.6. The minimum absolute atomic E-state index is 0.0139. The van der Waals surface area contributed by atoms with Crippen molar-refractivity contribution >= 4 is 11.8 Å². The fraction of sp³-hybridized carbons (Fsp3) is 0.882. The van der Waals surface area contributed by atoms with Crippen LogP contribution in [0.1, 0.15) is 41.5 Å². The second-order valence-corrected chi connectivity index (χ2v) is 7.68. The van der Waals surface area contributed by atoms with Crippen LogP contribution in [0.2, 0.25) is 0 Å². The van der Waals surface area contributed by atoms with E-state index >= 15 is 0 Å². The van der Waals surface area contributed by atoms with Crippen molar-refractivity contribution in [1.29, 1.82) is 0 Å². The van der Waals surface area contributed by atoms with E-state index in [4.69, 9.17) is 9.47 Å². The highest BCUT2D eigenvalue weighted by molar-refractivity contribution is 5.87. The van der Waals surface area contributed by atoms with E-state index < -0.39 is 5.41 Å². The fourth-order valence-corrected chi connectivity index (χ4v) is 1.57. The first-order valence-electron chi connectivity index (χ1n) is 8.48. The molecule has 0 aliphatic carbocycles. The topological polar surface area (TPSA) is 88.7 Å². The molecule has 0 radical (unpaired) electrons. The molecule has 0 aliphatic rings. The van der Waals surface area contributed by atoms with Crippen LogP contribution in [0.3, 0.4) is 0 Å². The van der Waals surface area contributed by atoms with Gasteiger partial charge in [0.05, 0.1) is 33.0 Å². The van der Waals surface area contributed by atoms with Crippen molar-refractivity contribution in [3.05, 3.63) is 0 Å². The Morgan fingerprint density at radius 1 is 0.792 bits per heavy atom. The lowest BCUT2D eigenvalue weighted by Gasteiger charge is -2.20. The molecule has 0 unspecified atom stereocenters. The summed E-state index contributed by atoms with van der Waals surface area (Å²) in [5.74, 6) is -0.368. The maximum Gasteiger partial charge on any atom is 0.239 e. The van der Waals surface area contributed by atoms with Gasteiger partial charge in [-0.2, -0.15) is 0 Å². The van der Waals surface area contributed by atoms with Crippen molar-refractivity contribution in [2.75, 3.05) is 46.1 Å². The lowest BCUT2D eigenvalue weighted by atomic mass is 9.96. The van der Waals surface area contributed by atoms with Gasteiger partial charge >= 0.3 is 0 Å². The van der Waals surface area contributed by atoms with E-state index in [-0.39, 0.29) is 23.9 Å². The van der Waals surface area contributed by atoms with Crippen molar-refractivity contribution in [2.24, 2.45) is 5.41 Å². The van der Waals surface area contributed by atoms with Gasteiger partial charge < -0.3 is 25.4 Å². The van der Waals surface area contributed by atoms with E-state index in [2.05, 4.69) is 36.7 Å². The van der Waals surface area contributed by atoms with E-state index in [0.717, 1.165) is 6.54 Å². The Morgan fingerprint density at radius 3 is 1.83 bits per heavy atom. The minimum atomic E-state index is -0.494. The standard InChI is InChI=1S/C17H35N3O4/c1-16(2,3)15(22)19-13-14(21)18-7-9-23-11-12-24-10-8-20-17(4,5)6/h20H,7-13H2,1-6H3,(H,18,21)(H,19,22). The van der Waals surface area contributed by atoms with E-state index in [0.29, 0.717) is 33.0 Å². The molecule has 0 fully saturated rings. The third kappa shape index (κ3) is 14.4. The summed E-state index contributed by atoms with van der Waals surface area (Å²) in [6.07, 6.45) is 0. The van der Waals surface area contributed by atoms with Crippen molar-refractivity contribution in [3.8, 4) is 0 Å². The number of rotatable bonds is 11. The number of carbonyl (C=O) groups is 2. The van der Waals surface area contributed by atoms with Gasteiger partial charge in [-0.15, -0.1) is 0 Å². The summed E-state index contributed by atoms with van der Waals surface area (Å²) in [6.45, 7) is 15.0. The minimum Gasteiger partial charge on any atom is -0.378 e. The fourth-order valence-electron chi connectivity index (χ4n) is 1.57. The van der Waals surface area contributed by atoms with Crippen LogP contribution in [-0.4, -0.2) is 63.4 Å². The Balaban J connectivity index is 3.41. The van der Waals surface area contributed by atoms with Gasteiger partial charge in [0.15, 0.2) is 0 Å². The number of hydrogen-bond acceptors (Lipinski definition) is 5. The molecular formula is C17H35N3O4. The Morgan fingerprint density at radius 2 is 1.33 bits per heavy atom. The number of amides is 2.